The first-order valence-electron chi connectivity index (χ1n) is 15.7. The SMILES string of the molecule is c1ccc(-c2cc3ccccc3cc2N(c2ccccc2)c2cccc(-c3ccc4cc5c(cc4c3)oc3ccccc35)c2)cc1. The van der Waals surface area contributed by atoms with E-state index in [1.165, 1.54) is 32.8 Å². The van der Waals surface area contributed by atoms with Gasteiger partial charge in [-0.25, -0.2) is 0 Å². The Morgan fingerprint density at radius 2 is 1.00 bits per heavy atom. The second kappa shape index (κ2) is 10.8. The molecule has 0 bridgehead atoms. The Morgan fingerprint density at radius 3 is 1.85 bits per heavy atom. The monoisotopic (exact) mass is 587 g/mol. The van der Waals surface area contributed by atoms with Crippen LogP contribution in [-0.2, 0) is 0 Å². The number of nitrogens with zero attached hydrogens (tertiary/aromatic N) is 1. The average Bonchev–Trinajstić information content (AvgIpc) is 3.48. The van der Waals surface area contributed by atoms with Crippen molar-refractivity contribution in [3.05, 3.63) is 176 Å². The van der Waals surface area contributed by atoms with Gasteiger partial charge in [0.25, 0.3) is 0 Å². The lowest BCUT2D eigenvalue weighted by atomic mass is 9.96. The molecule has 0 aliphatic rings. The molecule has 1 aromatic heterocycles. The molecule has 0 amide bonds. The molecule has 2 nitrogen and oxygen atoms in total. The van der Waals surface area contributed by atoms with E-state index < -0.39 is 0 Å². The normalized spacial score (nSPS) is 11.5. The molecule has 1 heterocycles. The van der Waals surface area contributed by atoms with E-state index in [0.717, 1.165) is 50.0 Å². The molecule has 0 fully saturated rings. The number of para-hydroxylation sites is 2. The van der Waals surface area contributed by atoms with Crippen LogP contribution in [0.3, 0.4) is 0 Å². The first-order valence-corrected chi connectivity index (χ1v) is 15.7. The first-order chi connectivity index (χ1) is 22.8. The van der Waals surface area contributed by atoms with Crippen LogP contribution in [0.5, 0.6) is 0 Å². The highest BCUT2D eigenvalue weighted by Gasteiger charge is 2.19. The highest BCUT2D eigenvalue weighted by atomic mass is 16.3. The number of rotatable bonds is 5. The molecule has 0 N–H and O–H groups in total. The van der Waals surface area contributed by atoms with Gasteiger partial charge in [-0.05, 0) is 98.9 Å². The van der Waals surface area contributed by atoms with E-state index in [2.05, 4.69) is 169 Å². The van der Waals surface area contributed by atoms with Gasteiger partial charge < -0.3 is 9.32 Å². The lowest BCUT2D eigenvalue weighted by molar-refractivity contribution is 0.669. The Bertz CT molecular complexity index is 2530. The largest absolute Gasteiger partial charge is 0.456 e. The molecule has 0 unspecified atom stereocenters. The van der Waals surface area contributed by atoms with Gasteiger partial charge in [0.15, 0.2) is 0 Å². The Morgan fingerprint density at radius 1 is 0.348 bits per heavy atom. The minimum Gasteiger partial charge on any atom is -0.456 e. The van der Waals surface area contributed by atoms with E-state index in [1.54, 1.807) is 0 Å². The number of anilines is 3. The minimum atomic E-state index is 0.916. The summed E-state index contributed by atoms with van der Waals surface area (Å²) in [5.41, 5.74) is 9.89. The highest BCUT2D eigenvalue weighted by molar-refractivity contribution is 6.10. The third-order valence-electron chi connectivity index (χ3n) is 8.98. The second-order valence-electron chi connectivity index (χ2n) is 11.8. The highest BCUT2D eigenvalue weighted by Crippen LogP contribution is 2.44. The van der Waals surface area contributed by atoms with Gasteiger partial charge in [-0.2, -0.15) is 0 Å². The summed E-state index contributed by atoms with van der Waals surface area (Å²) in [6.07, 6.45) is 0. The maximum atomic E-state index is 6.23. The number of hydrogen-bond acceptors (Lipinski definition) is 2. The first kappa shape index (κ1) is 26.3. The van der Waals surface area contributed by atoms with Crippen LogP contribution in [0.1, 0.15) is 0 Å². The van der Waals surface area contributed by atoms with E-state index >= 15 is 0 Å². The van der Waals surface area contributed by atoms with Crippen LogP contribution in [0.4, 0.5) is 17.1 Å². The summed E-state index contributed by atoms with van der Waals surface area (Å²) >= 11 is 0. The van der Waals surface area contributed by atoms with Crippen LogP contribution in [0, 0.1) is 0 Å². The zero-order chi connectivity index (χ0) is 30.5. The van der Waals surface area contributed by atoms with E-state index in [0.29, 0.717) is 0 Å². The lowest BCUT2D eigenvalue weighted by Crippen LogP contribution is -2.11. The van der Waals surface area contributed by atoms with E-state index in [4.69, 9.17) is 4.42 Å². The van der Waals surface area contributed by atoms with Crippen molar-refractivity contribution in [2.75, 3.05) is 4.90 Å². The van der Waals surface area contributed by atoms with Gasteiger partial charge in [0, 0.05) is 27.7 Å². The summed E-state index contributed by atoms with van der Waals surface area (Å²) in [6, 6.07) is 62.9. The van der Waals surface area contributed by atoms with E-state index in [-0.39, 0.29) is 0 Å². The average molecular weight is 588 g/mol. The molecule has 2 heteroatoms. The molecule has 0 spiro atoms. The third-order valence-corrected chi connectivity index (χ3v) is 8.98. The topological polar surface area (TPSA) is 16.4 Å². The third kappa shape index (κ3) is 4.51. The molecule has 0 saturated carbocycles. The van der Waals surface area contributed by atoms with Gasteiger partial charge in [0.2, 0.25) is 0 Å². The summed E-state index contributed by atoms with van der Waals surface area (Å²) in [5, 5.41) is 7.10. The van der Waals surface area contributed by atoms with Crippen molar-refractivity contribution in [1.29, 1.82) is 0 Å². The molecular formula is C44H29NO. The van der Waals surface area contributed by atoms with Crippen LogP contribution < -0.4 is 4.90 Å². The summed E-state index contributed by atoms with van der Waals surface area (Å²) < 4.78 is 6.23. The van der Waals surface area contributed by atoms with Gasteiger partial charge in [-0.1, -0.05) is 115 Å². The van der Waals surface area contributed by atoms with Gasteiger partial charge >= 0.3 is 0 Å². The maximum Gasteiger partial charge on any atom is 0.136 e. The second-order valence-corrected chi connectivity index (χ2v) is 11.8. The van der Waals surface area contributed by atoms with Crippen molar-refractivity contribution < 1.29 is 4.42 Å². The van der Waals surface area contributed by atoms with Gasteiger partial charge in [0.05, 0.1) is 5.69 Å². The predicted molar refractivity (Wildman–Crippen MR) is 194 cm³/mol. The molecule has 0 aliphatic heterocycles. The van der Waals surface area contributed by atoms with Crippen LogP contribution in [0.25, 0.3) is 65.7 Å². The summed E-state index contributed by atoms with van der Waals surface area (Å²) in [7, 11) is 0. The number of fused-ring (bicyclic) bond motifs is 5. The quantitative estimate of drug-likeness (QED) is 0.199. The zero-order valence-corrected chi connectivity index (χ0v) is 25.1. The van der Waals surface area contributed by atoms with Crippen molar-refractivity contribution in [2.24, 2.45) is 0 Å². The summed E-state index contributed by atoms with van der Waals surface area (Å²) in [4.78, 5) is 2.39. The lowest BCUT2D eigenvalue weighted by Gasteiger charge is -2.29. The fourth-order valence-electron chi connectivity index (χ4n) is 6.74. The molecule has 0 saturated heterocycles. The molecule has 0 radical (unpaired) electrons. The van der Waals surface area contributed by atoms with Gasteiger partial charge in [-0.15, -0.1) is 0 Å². The Hall–Kier alpha value is -6.12. The molecule has 9 aromatic rings. The number of hydrogen-bond donors (Lipinski definition) is 0. The van der Waals surface area contributed by atoms with Crippen molar-refractivity contribution in [2.45, 2.75) is 0 Å². The van der Waals surface area contributed by atoms with Gasteiger partial charge in [-0.3, -0.25) is 0 Å². The van der Waals surface area contributed by atoms with E-state index in [9.17, 15) is 0 Å². The van der Waals surface area contributed by atoms with Crippen molar-refractivity contribution >= 4 is 60.5 Å². The standard InChI is InChI=1S/C44H29NO/c1-3-12-30(13-4-1)40-26-32-14-7-8-15-33(32)28-42(40)45(37-17-5-2-6-18-37)38-19-11-16-31(25-38)34-22-23-35-27-41-39-20-9-10-21-43(39)46-44(41)29-36(35)24-34/h1-29H. The van der Waals surface area contributed by atoms with Crippen molar-refractivity contribution in [3.63, 3.8) is 0 Å². The van der Waals surface area contributed by atoms with Crippen LogP contribution in [0.2, 0.25) is 0 Å². The molecule has 46 heavy (non-hydrogen) atoms. The molecule has 0 aliphatic carbocycles. The Labute approximate surface area is 267 Å². The van der Waals surface area contributed by atoms with E-state index in [1.807, 2.05) is 12.1 Å². The molecule has 8 aromatic carbocycles. The molecular weight excluding hydrogens is 558 g/mol. The minimum absolute atomic E-state index is 0.916. The van der Waals surface area contributed by atoms with Crippen LogP contribution in [0.15, 0.2) is 180 Å². The number of furan rings is 1. The molecule has 216 valence electrons. The molecule has 0 atom stereocenters. The molecule has 9 rings (SSSR count). The smallest absolute Gasteiger partial charge is 0.136 e. The zero-order valence-electron chi connectivity index (χ0n) is 25.1. The maximum absolute atomic E-state index is 6.23. The Balaban J connectivity index is 1.22. The van der Waals surface area contributed by atoms with Crippen LogP contribution >= 0.6 is 0 Å². The van der Waals surface area contributed by atoms with Crippen LogP contribution in [-0.4, -0.2) is 0 Å². The van der Waals surface area contributed by atoms with Crippen molar-refractivity contribution in [3.8, 4) is 22.3 Å². The predicted octanol–water partition coefficient (Wildman–Crippen LogP) is 12.7. The number of benzene rings is 8. The summed E-state index contributed by atoms with van der Waals surface area (Å²) in [6.45, 7) is 0. The summed E-state index contributed by atoms with van der Waals surface area (Å²) in [5.74, 6) is 0. The van der Waals surface area contributed by atoms with Crippen molar-refractivity contribution in [1.82, 2.24) is 0 Å². The van der Waals surface area contributed by atoms with Gasteiger partial charge in [0.1, 0.15) is 11.2 Å². The fraction of sp³-hybridized carbons (Fsp3) is 0. The Kier molecular flexibility index (Phi) is 6.17. The fourth-order valence-corrected chi connectivity index (χ4v) is 6.74.